The summed E-state index contributed by atoms with van der Waals surface area (Å²) in [5, 5.41) is 0. The molecule has 1 fully saturated rings. The Balaban J connectivity index is 1.41. The van der Waals surface area contributed by atoms with E-state index in [1.807, 2.05) is 43.6 Å². The summed E-state index contributed by atoms with van der Waals surface area (Å²) in [7, 11) is 0. The van der Waals surface area contributed by atoms with E-state index in [0.29, 0.717) is 5.92 Å². The zero-order chi connectivity index (χ0) is 18.6. The molecule has 4 rings (SSSR count). The third-order valence-electron chi connectivity index (χ3n) is 5.50. The molecule has 1 heterocycles. The Morgan fingerprint density at radius 3 is 1.93 bits per heavy atom. The average Bonchev–Trinajstić information content (AvgIpc) is 2.71. The van der Waals surface area contributed by atoms with Gasteiger partial charge in [0.05, 0.1) is 0 Å². The number of hydrogen-bond donors (Lipinski definition) is 0. The zero-order valence-corrected chi connectivity index (χ0v) is 16.1. The quantitative estimate of drug-likeness (QED) is 0.531. The van der Waals surface area contributed by atoms with Gasteiger partial charge in [-0.15, -0.1) is 0 Å². The average molecular weight is 358 g/mol. The van der Waals surface area contributed by atoms with Gasteiger partial charge in [-0.25, -0.2) is 9.97 Å². The molecule has 3 aromatic rings. The second-order valence-corrected chi connectivity index (χ2v) is 7.74. The number of aryl methyl sites for hydroxylation is 1. The number of ether oxygens (including phenoxy) is 1. The van der Waals surface area contributed by atoms with Gasteiger partial charge in [0.15, 0.2) is 5.82 Å². The van der Waals surface area contributed by atoms with Crippen molar-refractivity contribution < 1.29 is 4.74 Å². The lowest BCUT2D eigenvalue weighted by Gasteiger charge is -2.26. The van der Waals surface area contributed by atoms with E-state index < -0.39 is 0 Å². The van der Waals surface area contributed by atoms with Crippen LogP contribution in [0.4, 0.5) is 0 Å². The summed E-state index contributed by atoms with van der Waals surface area (Å²) < 4.78 is 6.01. The van der Waals surface area contributed by atoms with Crippen LogP contribution in [0.5, 0.6) is 11.5 Å². The van der Waals surface area contributed by atoms with Gasteiger partial charge in [0.25, 0.3) is 0 Å². The van der Waals surface area contributed by atoms with Gasteiger partial charge in [-0.1, -0.05) is 31.9 Å². The van der Waals surface area contributed by atoms with Gasteiger partial charge in [-0.05, 0) is 79.1 Å². The van der Waals surface area contributed by atoms with E-state index in [2.05, 4.69) is 41.2 Å². The first-order valence-electron chi connectivity index (χ1n) is 9.84. The minimum Gasteiger partial charge on any atom is -0.457 e. The summed E-state index contributed by atoms with van der Waals surface area (Å²) in [5.74, 6) is 4.03. The Kier molecular flexibility index (Phi) is 5.19. The normalized spacial score (nSPS) is 19.6. The summed E-state index contributed by atoms with van der Waals surface area (Å²) in [4.78, 5) is 8.74. The molecular formula is C24H26N2O. The number of nitrogens with zero attached hydrogens (tertiary/aromatic N) is 2. The van der Waals surface area contributed by atoms with Gasteiger partial charge >= 0.3 is 0 Å². The van der Waals surface area contributed by atoms with Gasteiger partial charge in [-0.2, -0.15) is 0 Å². The fraction of sp³-hybridized carbons (Fsp3) is 0.333. The minimum atomic E-state index is 0.712. The summed E-state index contributed by atoms with van der Waals surface area (Å²) in [6.07, 6.45) is 8.98. The molecule has 0 N–H and O–H groups in total. The van der Waals surface area contributed by atoms with Gasteiger partial charge < -0.3 is 4.74 Å². The maximum absolute atomic E-state index is 6.01. The smallest absolute Gasteiger partial charge is 0.159 e. The Hall–Kier alpha value is -2.68. The highest BCUT2D eigenvalue weighted by molar-refractivity contribution is 5.56. The van der Waals surface area contributed by atoms with Crippen molar-refractivity contribution in [3.8, 4) is 22.9 Å². The lowest BCUT2D eigenvalue weighted by atomic mass is 9.79. The monoisotopic (exact) mass is 358 g/mol. The van der Waals surface area contributed by atoms with E-state index in [1.54, 1.807) is 0 Å². The Bertz CT molecular complexity index is 862. The van der Waals surface area contributed by atoms with Crippen LogP contribution < -0.4 is 4.74 Å². The van der Waals surface area contributed by atoms with Crippen molar-refractivity contribution in [1.82, 2.24) is 9.97 Å². The first-order valence-corrected chi connectivity index (χ1v) is 9.84. The Morgan fingerprint density at radius 1 is 0.778 bits per heavy atom. The van der Waals surface area contributed by atoms with Crippen molar-refractivity contribution in [1.29, 1.82) is 0 Å². The summed E-state index contributed by atoms with van der Waals surface area (Å²) in [5.41, 5.74) is 3.50. The molecule has 0 amide bonds. The maximum atomic E-state index is 6.01. The third kappa shape index (κ3) is 4.36. The fourth-order valence-corrected chi connectivity index (χ4v) is 3.75. The number of aromatic nitrogens is 2. The second-order valence-electron chi connectivity index (χ2n) is 7.74. The van der Waals surface area contributed by atoms with Crippen LogP contribution in [0.2, 0.25) is 0 Å². The van der Waals surface area contributed by atoms with Crippen LogP contribution in [0, 0.1) is 12.8 Å². The SMILES string of the molecule is Cc1cnc(-c2ccc(Oc3ccc(C4CCC(C)CC4)cc3)cc2)nc1. The molecule has 2 aromatic carbocycles. The molecule has 0 spiro atoms. The van der Waals surface area contributed by atoms with Crippen LogP contribution in [0.25, 0.3) is 11.4 Å². The van der Waals surface area contributed by atoms with Crippen molar-refractivity contribution in [2.75, 3.05) is 0 Å². The lowest BCUT2D eigenvalue weighted by Crippen LogP contribution is -2.10. The first-order chi connectivity index (χ1) is 13.2. The molecule has 138 valence electrons. The van der Waals surface area contributed by atoms with E-state index in [9.17, 15) is 0 Å². The van der Waals surface area contributed by atoms with E-state index in [-0.39, 0.29) is 0 Å². The molecule has 0 saturated heterocycles. The van der Waals surface area contributed by atoms with Crippen molar-refractivity contribution in [3.05, 3.63) is 72.1 Å². The summed E-state index contributed by atoms with van der Waals surface area (Å²) in [6.45, 7) is 4.35. The van der Waals surface area contributed by atoms with Crippen LogP contribution >= 0.6 is 0 Å². The molecule has 27 heavy (non-hydrogen) atoms. The van der Waals surface area contributed by atoms with Gasteiger partial charge in [0.2, 0.25) is 0 Å². The zero-order valence-electron chi connectivity index (χ0n) is 16.1. The van der Waals surface area contributed by atoms with E-state index >= 15 is 0 Å². The van der Waals surface area contributed by atoms with Crippen LogP contribution in [0.1, 0.15) is 49.7 Å². The van der Waals surface area contributed by atoms with Gasteiger partial charge in [0, 0.05) is 18.0 Å². The molecule has 3 heteroatoms. The Morgan fingerprint density at radius 2 is 1.33 bits per heavy atom. The Labute approximate surface area is 161 Å². The first kappa shape index (κ1) is 17.7. The van der Waals surface area contributed by atoms with E-state index in [1.165, 1.54) is 31.2 Å². The van der Waals surface area contributed by atoms with Gasteiger partial charge in [0.1, 0.15) is 11.5 Å². The largest absolute Gasteiger partial charge is 0.457 e. The molecule has 0 radical (unpaired) electrons. The summed E-state index contributed by atoms with van der Waals surface area (Å²) >= 11 is 0. The van der Waals surface area contributed by atoms with Crippen molar-refractivity contribution >= 4 is 0 Å². The number of rotatable bonds is 4. The minimum absolute atomic E-state index is 0.712. The third-order valence-corrected chi connectivity index (χ3v) is 5.50. The van der Waals surface area contributed by atoms with E-state index in [4.69, 9.17) is 4.74 Å². The van der Waals surface area contributed by atoms with Crippen LogP contribution in [0.3, 0.4) is 0 Å². The predicted molar refractivity (Wildman–Crippen MR) is 109 cm³/mol. The van der Waals surface area contributed by atoms with Crippen LogP contribution in [-0.2, 0) is 0 Å². The van der Waals surface area contributed by atoms with E-state index in [0.717, 1.165) is 34.4 Å². The molecular weight excluding hydrogens is 332 g/mol. The molecule has 0 aliphatic heterocycles. The molecule has 0 bridgehead atoms. The van der Waals surface area contributed by atoms with Crippen molar-refractivity contribution in [3.63, 3.8) is 0 Å². The van der Waals surface area contributed by atoms with Gasteiger partial charge in [-0.3, -0.25) is 0 Å². The standard InChI is InChI=1S/C24H26N2O/c1-17-3-5-19(6-4-17)20-7-11-22(12-8-20)27-23-13-9-21(10-14-23)24-25-15-18(2)16-26-24/h7-17,19H,3-6H2,1-2H3. The predicted octanol–water partition coefficient (Wildman–Crippen LogP) is 6.54. The highest BCUT2D eigenvalue weighted by Crippen LogP contribution is 2.36. The molecule has 0 atom stereocenters. The molecule has 1 saturated carbocycles. The topological polar surface area (TPSA) is 35.0 Å². The lowest BCUT2D eigenvalue weighted by molar-refractivity contribution is 0.348. The molecule has 3 nitrogen and oxygen atoms in total. The maximum Gasteiger partial charge on any atom is 0.159 e. The number of hydrogen-bond acceptors (Lipinski definition) is 3. The van der Waals surface area contributed by atoms with Crippen LogP contribution in [-0.4, -0.2) is 9.97 Å². The highest BCUT2D eigenvalue weighted by Gasteiger charge is 2.19. The van der Waals surface area contributed by atoms with Crippen molar-refractivity contribution in [2.24, 2.45) is 5.92 Å². The fourth-order valence-electron chi connectivity index (χ4n) is 3.75. The number of benzene rings is 2. The molecule has 0 unspecified atom stereocenters. The highest BCUT2D eigenvalue weighted by atomic mass is 16.5. The second kappa shape index (κ2) is 7.91. The molecule has 1 aliphatic rings. The van der Waals surface area contributed by atoms with Crippen molar-refractivity contribution in [2.45, 2.75) is 45.4 Å². The van der Waals surface area contributed by atoms with Crippen LogP contribution in [0.15, 0.2) is 60.9 Å². The molecule has 1 aromatic heterocycles. The molecule has 1 aliphatic carbocycles. The summed E-state index contributed by atoms with van der Waals surface area (Å²) in [6, 6.07) is 16.6.